The molecule has 1 heterocycles. The number of hydrogen-bond acceptors (Lipinski definition) is 4. The first-order valence-corrected chi connectivity index (χ1v) is 5.45. The van der Waals surface area contributed by atoms with Crippen molar-refractivity contribution in [3.05, 3.63) is 10.6 Å². The van der Waals surface area contributed by atoms with Gasteiger partial charge in [0.15, 0.2) is 10.6 Å². The van der Waals surface area contributed by atoms with E-state index in [0.29, 0.717) is 10.6 Å². The number of aliphatic hydroxyl groups excluding tert-OH is 1. The van der Waals surface area contributed by atoms with Crippen LogP contribution in [0.2, 0.25) is 0 Å². The largest absolute Gasteiger partial charge is 0.388 e. The van der Waals surface area contributed by atoms with Crippen molar-refractivity contribution in [2.24, 2.45) is 0 Å². The van der Waals surface area contributed by atoms with Crippen molar-refractivity contribution in [2.45, 2.75) is 26.0 Å². The van der Waals surface area contributed by atoms with E-state index < -0.39 is 0 Å². The second kappa shape index (κ2) is 5.99. The van der Waals surface area contributed by atoms with Crippen LogP contribution in [-0.4, -0.2) is 45.4 Å². The Morgan fingerprint density at radius 2 is 2.20 bits per heavy atom. The lowest BCUT2D eigenvalue weighted by molar-refractivity contribution is 0.263. The maximum atomic E-state index is 9.02. The fraction of sp³-hybridized carbons (Fsp3) is 0.778. The van der Waals surface area contributed by atoms with E-state index in [9.17, 15) is 0 Å². The Labute approximate surface area is 94.7 Å². The summed E-state index contributed by atoms with van der Waals surface area (Å²) in [6.07, 6.45) is 2.16. The number of hydrogen-bond donors (Lipinski definition) is 2. The Bertz CT molecular complexity index is 344. The van der Waals surface area contributed by atoms with Gasteiger partial charge in [0, 0.05) is 6.54 Å². The third-order valence-electron chi connectivity index (χ3n) is 2.22. The van der Waals surface area contributed by atoms with Gasteiger partial charge in [-0.3, -0.25) is 5.10 Å². The van der Waals surface area contributed by atoms with Gasteiger partial charge in [0.05, 0.1) is 0 Å². The Kier molecular flexibility index (Phi) is 4.93. The van der Waals surface area contributed by atoms with Crippen LogP contribution in [0.3, 0.4) is 0 Å². The standard InChI is InChI=1S/C9H18N4OS/c1-12(2)5-3-4-6-13-8(7-14)10-11-9(13)15/h14H,3-7H2,1-2H3,(H,11,15). The van der Waals surface area contributed by atoms with Gasteiger partial charge in [-0.1, -0.05) is 0 Å². The molecule has 0 radical (unpaired) electrons. The molecule has 0 bridgehead atoms. The van der Waals surface area contributed by atoms with Crippen molar-refractivity contribution in [1.82, 2.24) is 19.7 Å². The smallest absolute Gasteiger partial charge is 0.195 e. The van der Waals surface area contributed by atoms with Crippen molar-refractivity contribution >= 4 is 12.2 Å². The first-order chi connectivity index (χ1) is 7.15. The highest BCUT2D eigenvalue weighted by Gasteiger charge is 2.03. The van der Waals surface area contributed by atoms with E-state index in [1.807, 2.05) is 4.57 Å². The summed E-state index contributed by atoms with van der Waals surface area (Å²) in [5.74, 6) is 0.616. The molecule has 86 valence electrons. The average Bonchev–Trinajstić information content (AvgIpc) is 2.54. The van der Waals surface area contributed by atoms with Crippen molar-refractivity contribution in [2.75, 3.05) is 20.6 Å². The third-order valence-corrected chi connectivity index (χ3v) is 2.53. The molecule has 5 nitrogen and oxygen atoms in total. The molecule has 2 N–H and O–H groups in total. The van der Waals surface area contributed by atoms with Crippen molar-refractivity contribution in [3.63, 3.8) is 0 Å². The summed E-state index contributed by atoms with van der Waals surface area (Å²) in [7, 11) is 4.12. The molecular weight excluding hydrogens is 212 g/mol. The maximum Gasteiger partial charge on any atom is 0.195 e. The SMILES string of the molecule is CN(C)CCCCn1c(CO)n[nH]c1=S. The zero-order valence-corrected chi connectivity index (χ0v) is 10.0. The number of aromatic nitrogens is 3. The molecule has 0 aromatic carbocycles. The Hall–Kier alpha value is -0.720. The minimum Gasteiger partial charge on any atom is -0.388 e. The van der Waals surface area contributed by atoms with Crippen LogP contribution < -0.4 is 0 Å². The molecule has 1 aromatic heterocycles. The van der Waals surface area contributed by atoms with Gasteiger partial charge in [0.2, 0.25) is 0 Å². The van der Waals surface area contributed by atoms with Gasteiger partial charge in [-0.25, -0.2) is 0 Å². The van der Waals surface area contributed by atoms with Crippen molar-refractivity contribution in [1.29, 1.82) is 0 Å². The lowest BCUT2D eigenvalue weighted by Crippen LogP contribution is -2.14. The van der Waals surface area contributed by atoms with E-state index in [1.54, 1.807) is 0 Å². The molecule has 0 saturated heterocycles. The quantitative estimate of drug-likeness (QED) is 0.560. The molecule has 0 atom stereocenters. The topological polar surface area (TPSA) is 57.1 Å². The monoisotopic (exact) mass is 230 g/mol. The third kappa shape index (κ3) is 3.73. The Morgan fingerprint density at radius 3 is 2.80 bits per heavy atom. The molecule has 0 saturated carbocycles. The molecule has 0 fully saturated rings. The van der Waals surface area contributed by atoms with Crippen LogP contribution in [0.4, 0.5) is 0 Å². The Morgan fingerprint density at radius 1 is 1.47 bits per heavy atom. The van der Waals surface area contributed by atoms with Crippen LogP contribution in [0.1, 0.15) is 18.7 Å². The molecule has 0 aliphatic rings. The first kappa shape index (κ1) is 12.4. The van der Waals surface area contributed by atoms with Gasteiger partial charge in [-0.15, -0.1) is 0 Å². The van der Waals surface area contributed by atoms with Crippen LogP contribution in [-0.2, 0) is 13.2 Å². The average molecular weight is 230 g/mol. The summed E-state index contributed by atoms with van der Waals surface area (Å²) >= 11 is 5.06. The number of aliphatic hydroxyl groups is 1. The van der Waals surface area contributed by atoms with Gasteiger partial charge < -0.3 is 14.6 Å². The predicted octanol–water partition coefficient (Wildman–Crippen LogP) is 0.775. The van der Waals surface area contributed by atoms with E-state index in [2.05, 4.69) is 29.2 Å². The summed E-state index contributed by atoms with van der Waals surface area (Å²) in [6, 6.07) is 0. The second-order valence-electron chi connectivity index (χ2n) is 3.77. The van der Waals surface area contributed by atoms with E-state index in [1.165, 1.54) is 0 Å². The van der Waals surface area contributed by atoms with E-state index in [-0.39, 0.29) is 6.61 Å². The summed E-state index contributed by atoms with van der Waals surface area (Å²) in [4.78, 5) is 2.15. The predicted molar refractivity (Wildman–Crippen MR) is 61.1 cm³/mol. The number of nitrogens with zero attached hydrogens (tertiary/aromatic N) is 3. The maximum absolute atomic E-state index is 9.02. The molecule has 0 amide bonds. The van der Waals surface area contributed by atoms with Crippen LogP contribution in [0, 0.1) is 4.77 Å². The summed E-state index contributed by atoms with van der Waals surface area (Å²) in [6.45, 7) is 1.82. The van der Waals surface area contributed by atoms with Crippen LogP contribution in [0.15, 0.2) is 0 Å². The van der Waals surface area contributed by atoms with E-state index in [0.717, 1.165) is 25.9 Å². The highest BCUT2D eigenvalue weighted by molar-refractivity contribution is 7.71. The number of unbranched alkanes of at least 4 members (excludes halogenated alkanes) is 1. The zero-order valence-electron chi connectivity index (χ0n) is 9.23. The van der Waals surface area contributed by atoms with Gasteiger partial charge in [-0.05, 0) is 45.7 Å². The molecule has 1 aromatic rings. The summed E-state index contributed by atoms with van der Waals surface area (Å²) in [5.41, 5.74) is 0. The van der Waals surface area contributed by atoms with Gasteiger partial charge in [0.1, 0.15) is 6.61 Å². The van der Waals surface area contributed by atoms with E-state index >= 15 is 0 Å². The minimum atomic E-state index is -0.0686. The fourth-order valence-corrected chi connectivity index (χ4v) is 1.64. The van der Waals surface area contributed by atoms with Crippen LogP contribution in [0.5, 0.6) is 0 Å². The highest BCUT2D eigenvalue weighted by atomic mass is 32.1. The van der Waals surface area contributed by atoms with Gasteiger partial charge in [-0.2, -0.15) is 5.10 Å². The van der Waals surface area contributed by atoms with Gasteiger partial charge >= 0.3 is 0 Å². The normalized spacial score (nSPS) is 11.2. The lowest BCUT2D eigenvalue weighted by atomic mass is 10.3. The van der Waals surface area contributed by atoms with Crippen LogP contribution >= 0.6 is 12.2 Å². The molecule has 1 rings (SSSR count). The second-order valence-corrected chi connectivity index (χ2v) is 4.15. The first-order valence-electron chi connectivity index (χ1n) is 5.05. The zero-order chi connectivity index (χ0) is 11.3. The number of nitrogens with one attached hydrogen (secondary N) is 1. The molecule has 0 aliphatic heterocycles. The van der Waals surface area contributed by atoms with Crippen LogP contribution in [0.25, 0.3) is 0 Å². The summed E-state index contributed by atoms with van der Waals surface area (Å²) < 4.78 is 2.44. The lowest BCUT2D eigenvalue weighted by Gasteiger charge is -2.09. The van der Waals surface area contributed by atoms with E-state index in [4.69, 9.17) is 17.3 Å². The molecule has 0 unspecified atom stereocenters. The highest BCUT2D eigenvalue weighted by Crippen LogP contribution is 2.02. The number of rotatable bonds is 6. The summed E-state index contributed by atoms with van der Waals surface area (Å²) in [5, 5.41) is 15.6. The van der Waals surface area contributed by atoms with Gasteiger partial charge in [0.25, 0.3) is 0 Å². The molecule has 6 heteroatoms. The van der Waals surface area contributed by atoms with Crippen molar-refractivity contribution < 1.29 is 5.11 Å². The molecule has 0 aliphatic carbocycles. The number of H-pyrrole nitrogens is 1. The number of aromatic amines is 1. The molecular formula is C9H18N4OS. The minimum absolute atomic E-state index is 0.0686. The Balaban J connectivity index is 2.43. The fourth-order valence-electron chi connectivity index (χ4n) is 1.40. The molecule has 15 heavy (non-hydrogen) atoms. The van der Waals surface area contributed by atoms with Crippen molar-refractivity contribution in [3.8, 4) is 0 Å². The molecule has 0 spiro atoms.